The van der Waals surface area contributed by atoms with Crippen molar-refractivity contribution in [3.63, 3.8) is 0 Å². The highest BCUT2D eigenvalue weighted by molar-refractivity contribution is 7.07. The van der Waals surface area contributed by atoms with Gasteiger partial charge in [-0.1, -0.05) is 13.8 Å². The molecule has 0 bridgehead atoms. The predicted octanol–water partition coefficient (Wildman–Crippen LogP) is 3.17. The average molecular weight is 291 g/mol. The molecule has 0 atom stereocenters. The first-order chi connectivity index (χ1) is 9.65. The molecule has 0 aliphatic heterocycles. The molecule has 0 unspecified atom stereocenters. The van der Waals surface area contributed by atoms with Gasteiger partial charge in [0.2, 0.25) is 0 Å². The number of aryl methyl sites for hydroxylation is 1. The van der Waals surface area contributed by atoms with E-state index in [0.717, 1.165) is 35.9 Å². The van der Waals surface area contributed by atoms with Crippen molar-refractivity contribution in [3.05, 3.63) is 40.1 Å². The van der Waals surface area contributed by atoms with Gasteiger partial charge in [0.05, 0.1) is 16.9 Å². The third kappa shape index (κ3) is 4.58. The van der Waals surface area contributed by atoms with Crippen LogP contribution in [0.4, 0.5) is 0 Å². The number of rotatable bonds is 7. The molecule has 0 aromatic carbocycles. The largest absolute Gasteiger partial charge is 0.485 e. The molecule has 0 amide bonds. The molecule has 0 aliphatic carbocycles. The molecule has 2 aromatic rings. The van der Waals surface area contributed by atoms with Crippen LogP contribution in [0, 0.1) is 12.8 Å². The van der Waals surface area contributed by atoms with Crippen LogP contribution < -0.4 is 10.1 Å². The summed E-state index contributed by atoms with van der Waals surface area (Å²) in [6, 6.07) is 3.96. The molecule has 0 aliphatic rings. The SMILES string of the molecule is Cc1ccc(OCc2cscn2)c(CNCC(C)C)n1. The van der Waals surface area contributed by atoms with Crippen molar-refractivity contribution in [2.45, 2.75) is 33.9 Å². The van der Waals surface area contributed by atoms with Gasteiger partial charge in [-0.05, 0) is 31.5 Å². The van der Waals surface area contributed by atoms with Crippen molar-refractivity contribution >= 4 is 11.3 Å². The Hall–Kier alpha value is -1.46. The van der Waals surface area contributed by atoms with Gasteiger partial charge < -0.3 is 10.1 Å². The van der Waals surface area contributed by atoms with Gasteiger partial charge in [0.25, 0.3) is 0 Å². The molecule has 0 radical (unpaired) electrons. The van der Waals surface area contributed by atoms with E-state index in [1.165, 1.54) is 0 Å². The molecule has 0 spiro atoms. The molecule has 2 heterocycles. The summed E-state index contributed by atoms with van der Waals surface area (Å²) in [4.78, 5) is 8.79. The van der Waals surface area contributed by atoms with Crippen LogP contribution >= 0.6 is 11.3 Å². The minimum Gasteiger partial charge on any atom is -0.485 e. The van der Waals surface area contributed by atoms with Gasteiger partial charge in [0, 0.05) is 17.6 Å². The maximum absolute atomic E-state index is 5.84. The maximum atomic E-state index is 5.84. The summed E-state index contributed by atoms with van der Waals surface area (Å²) in [6.45, 7) is 8.57. The van der Waals surface area contributed by atoms with Gasteiger partial charge in [0.1, 0.15) is 12.4 Å². The van der Waals surface area contributed by atoms with E-state index >= 15 is 0 Å². The minimum absolute atomic E-state index is 0.491. The van der Waals surface area contributed by atoms with Crippen molar-refractivity contribution < 1.29 is 4.74 Å². The van der Waals surface area contributed by atoms with Crippen LogP contribution in [0.5, 0.6) is 5.75 Å². The molecular weight excluding hydrogens is 270 g/mol. The van der Waals surface area contributed by atoms with E-state index < -0.39 is 0 Å². The van der Waals surface area contributed by atoms with Crippen LogP contribution in [-0.4, -0.2) is 16.5 Å². The maximum Gasteiger partial charge on any atom is 0.142 e. The summed E-state index contributed by atoms with van der Waals surface area (Å²) in [5, 5.41) is 5.40. The fourth-order valence-electron chi connectivity index (χ4n) is 1.80. The van der Waals surface area contributed by atoms with Gasteiger partial charge in [-0.15, -0.1) is 11.3 Å². The Kier molecular flexibility index (Phi) is 5.49. The summed E-state index contributed by atoms with van der Waals surface area (Å²) in [7, 11) is 0. The van der Waals surface area contributed by atoms with E-state index in [9.17, 15) is 0 Å². The van der Waals surface area contributed by atoms with E-state index in [2.05, 4.69) is 29.1 Å². The molecule has 5 heteroatoms. The number of hydrogen-bond donors (Lipinski definition) is 1. The molecule has 20 heavy (non-hydrogen) atoms. The fraction of sp³-hybridized carbons (Fsp3) is 0.467. The quantitative estimate of drug-likeness (QED) is 0.851. The van der Waals surface area contributed by atoms with Gasteiger partial charge in [-0.2, -0.15) is 0 Å². The number of nitrogens with one attached hydrogen (secondary N) is 1. The van der Waals surface area contributed by atoms with Gasteiger partial charge in [-0.25, -0.2) is 4.98 Å². The Balaban J connectivity index is 1.99. The van der Waals surface area contributed by atoms with Crippen LogP contribution in [0.3, 0.4) is 0 Å². The highest BCUT2D eigenvalue weighted by Crippen LogP contribution is 2.18. The molecule has 2 aromatic heterocycles. The number of aromatic nitrogens is 2. The molecule has 108 valence electrons. The topological polar surface area (TPSA) is 47.0 Å². The second kappa shape index (κ2) is 7.36. The second-order valence-corrected chi connectivity index (χ2v) is 5.91. The monoisotopic (exact) mass is 291 g/mol. The number of nitrogens with zero attached hydrogens (tertiary/aromatic N) is 2. The zero-order valence-corrected chi connectivity index (χ0v) is 13.0. The molecule has 0 fully saturated rings. The third-order valence-electron chi connectivity index (χ3n) is 2.78. The van der Waals surface area contributed by atoms with Crippen LogP contribution in [0.1, 0.15) is 30.9 Å². The van der Waals surface area contributed by atoms with E-state index in [4.69, 9.17) is 4.74 Å². The van der Waals surface area contributed by atoms with E-state index in [-0.39, 0.29) is 0 Å². The lowest BCUT2D eigenvalue weighted by Crippen LogP contribution is -2.20. The van der Waals surface area contributed by atoms with Crippen molar-refractivity contribution in [2.24, 2.45) is 5.92 Å². The summed E-state index contributed by atoms with van der Waals surface area (Å²) in [6.07, 6.45) is 0. The minimum atomic E-state index is 0.491. The molecular formula is C15H21N3OS. The normalized spacial score (nSPS) is 11.0. The zero-order chi connectivity index (χ0) is 14.4. The summed E-state index contributed by atoms with van der Waals surface area (Å²) >= 11 is 1.58. The first kappa shape index (κ1) is 14.9. The predicted molar refractivity (Wildman–Crippen MR) is 82.0 cm³/mol. The number of thiazole rings is 1. The van der Waals surface area contributed by atoms with Crippen molar-refractivity contribution in [1.82, 2.24) is 15.3 Å². The first-order valence-corrected chi connectivity index (χ1v) is 7.76. The third-order valence-corrected chi connectivity index (χ3v) is 3.41. The van der Waals surface area contributed by atoms with Gasteiger partial charge in [0.15, 0.2) is 0 Å². The lowest BCUT2D eigenvalue weighted by Gasteiger charge is -2.12. The summed E-state index contributed by atoms with van der Waals surface area (Å²) in [5.41, 5.74) is 4.74. The van der Waals surface area contributed by atoms with E-state index in [1.807, 2.05) is 29.9 Å². The van der Waals surface area contributed by atoms with Gasteiger partial charge in [-0.3, -0.25) is 4.98 Å². The van der Waals surface area contributed by atoms with Crippen LogP contribution in [0.25, 0.3) is 0 Å². The second-order valence-electron chi connectivity index (χ2n) is 5.19. The zero-order valence-electron chi connectivity index (χ0n) is 12.2. The Morgan fingerprint density at radius 3 is 2.90 bits per heavy atom. The van der Waals surface area contributed by atoms with E-state index in [1.54, 1.807) is 11.3 Å². The Bertz CT molecular complexity index is 526. The molecule has 1 N–H and O–H groups in total. The fourth-order valence-corrected chi connectivity index (χ4v) is 2.34. The molecule has 4 nitrogen and oxygen atoms in total. The lowest BCUT2D eigenvalue weighted by atomic mass is 10.2. The Morgan fingerprint density at radius 1 is 1.35 bits per heavy atom. The number of ether oxygens (including phenoxy) is 1. The average Bonchev–Trinajstić information content (AvgIpc) is 2.90. The van der Waals surface area contributed by atoms with Crippen LogP contribution in [0.2, 0.25) is 0 Å². The smallest absolute Gasteiger partial charge is 0.142 e. The molecule has 2 rings (SSSR count). The van der Waals surface area contributed by atoms with Crippen LogP contribution in [0.15, 0.2) is 23.0 Å². The standard InChI is InChI=1S/C15H21N3OS/c1-11(2)6-16-7-14-15(5-4-12(3)18-14)19-8-13-9-20-10-17-13/h4-5,9-11,16H,6-8H2,1-3H3. The van der Waals surface area contributed by atoms with Crippen molar-refractivity contribution in [2.75, 3.05) is 6.54 Å². The highest BCUT2D eigenvalue weighted by atomic mass is 32.1. The number of pyridine rings is 1. The summed E-state index contributed by atoms with van der Waals surface area (Å²) in [5.74, 6) is 1.46. The van der Waals surface area contributed by atoms with Gasteiger partial charge >= 0.3 is 0 Å². The van der Waals surface area contributed by atoms with Crippen LogP contribution in [-0.2, 0) is 13.2 Å². The highest BCUT2D eigenvalue weighted by Gasteiger charge is 2.07. The first-order valence-electron chi connectivity index (χ1n) is 6.82. The molecule has 0 saturated carbocycles. The number of hydrogen-bond acceptors (Lipinski definition) is 5. The van der Waals surface area contributed by atoms with Crippen molar-refractivity contribution in [3.8, 4) is 5.75 Å². The van der Waals surface area contributed by atoms with E-state index in [0.29, 0.717) is 12.5 Å². The molecule has 0 saturated heterocycles. The lowest BCUT2D eigenvalue weighted by molar-refractivity contribution is 0.296. The Labute approximate surface area is 124 Å². The summed E-state index contributed by atoms with van der Waals surface area (Å²) < 4.78 is 5.84. The Morgan fingerprint density at radius 2 is 2.20 bits per heavy atom. The van der Waals surface area contributed by atoms with Crippen molar-refractivity contribution in [1.29, 1.82) is 0 Å².